The number of rotatable bonds is 9. The highest BCUT2D eigenvalue weighted by Crippen LogP contribution is 2.38. The summed E-state index contributed by atoms with van der Waals surface area (Å²) in [6.07, 6.45) is -3.93. The number of alkyl halides is 3. The number of aryl methyl sites for hydroxylation is 1. The van der Waals surface area contributed by atoms with Gasteiger partial charge in [0.1, 0.15) is 5.75 Å². The zero-order valence-electron chi connectivity index (χ0n) is 20.4. The van der Waals surface area contributed by atoms with Gasteiger partial charge in [-0.25, -0.2) is 4.79 Å². The minimum atomic E-state index is -4.71. The number of fused-ring (bicyclic) bond motifs is 1. The van der Waals surface area contributed by atoms with Crippen LogP contribution in [0.2, 0.25) is 10.0 Å². The fourth-order valence-corrected chi connectivity index (χ4v) is 4.19. The summed E-state index contributed by atoms with van der Waals surface area (Å²) in [6.45, 7) is 2.63. The van der Waals surface area contributed by atoms with Gasteiger partial charge in [-0.05, 0) is 42.3 Å². The van der Waals surface area contributed by atoms with Crippen LogP contribution in [0.4, 0.5) is 13.2 Å². The average molecular weight is 571 g/mol. The molecule has 2 aromatic carbocycles. The standard InChI is InChI=1S/C25H23Cl2F3N4O4/c1-3-11-37-12-10-33-22(35)20-21(32(2)24(33)36)31-23(34(20)14-15-4-6-16(26)7-5-15)38-17-8-9-19(27)18(13-17)25(28,29)30/h4-9,13H,3,10-12,14H2,1-2H3. The average Bonchev–Trinajstić information content (AvgIpc) is 3.22. The van der Waals surface area contributed by atoms with E-state index in [0.29, 0.717) is 17.2 Å². The van der Waals surface area contributed by atoms with Gasteiger partial charge in [-0.1, -0.05) is 42.3 Å². The van der Waals surface area contributed by atoms with E-state index in [4.69, 9.17) is 32.7 Å². The SMILES string of the molecule is CCCOCCn1c(=O)c2c(nc(Oc3ccc(Cl)c(C(F)(F)F)c3)n2Cc2ccc(Cl)cc2)n(C)c1=O. The Bertz CT molecular complexity index is 1580. The minimum absolute atomic E-state index is 0.00981. The number of ether oxygens (including phenoxy) is 2. The van der Waals surface area contributed by atoms with E-state index in [1.54, 1.807) is 24.3 Å². The summed E-state index contributed by atoms with van der Waals surface area (Å²) in [5.41, 5.74) is -1.57. The van der Waals surface area contributed by atoms with Gasteiger partial charge >= 0.3 is 17.9 Å². The summed E-state index contributed by atoms with van der Waals surface area (Å²) < 4.78 is 55.1. The fraction of sp³-hybridized carbons (Fsp3) is 0.320. The van der Waals surface area contributed by atoms with Gasteiger partial charge in [0, 0.05) is 18.7 Å². The molecule has 0 radical (unpaired) electrons. The minimum Gasteiger partial charge on any atom is -0.425 e. The quantitative estimate of drug-likeness (QED) is 0.249. The van der Waals surface area contributed by atoms with Gasteiger partial charge in [-0.3, -0.25) is 18.5 Å². The van der Waals surface area contributed by atoms with Crippen molar-refractivity contribution in [1.29, 1.82) is 0 Å². The predicted molar refractivity (Wildman–Crippen MR) is 137 cm³/mol. The van der Waals surface area contributed by atoms with Gasteiger partial charge in [0.25, 0.3) is 5.56 Å². The van der Waals surface area contributed by atoms with Crippen molar-refractivity contribution in [3.63, 3.8) is 0 Å². The zero-order chi connectivity index (χ0) is 27.6. The van der Waals surface area contributed by atoms with E-state index < -0.39 is 28.0 Å². The molecule has 0 bridgehead atoms. The van der Waals surface area contributed by atoms with Crippen molar-refractivity contribution in [3.8, 4) is 11.8 Å². The van der Waals surface area contributed by atoms with Crippen molar-refractivity contribution in [2.24, 2.45) is 7.05 Å². The molecule has 0 spiro atoms. The second-order valence-electron chi connectivity index (χ2n) is 8.43. The number of nitrogens with zero attached hydrogens (tertiary/aromatic N) is 4. The third-order valence-electron chi connectivity index (χ3n) is 5.71. The molecule has 2 aromatic heterocycles. The summed E-state index contributed by atoms with van der Waals surface area (Å²) in [5.74, 6) is -0.201. The van der Waals surface area contributed by atoms with E-state index in [9.17, 15) is 22.8 Å². The monoisotopic (exact) mass is 570 g/mol. The summed E-state index contributed by atoms with van der Waals surface area (Å²) in [4.78, 5) is 30.8. The molecule has 0 saturated heterocycles. The lowest BCUT2D eigenvalue weighted by Gasteiger charge is -2.13. The first-order chi connectivity index (χ1) is 18.0. The molecule has 4 rings (SSSR count). The van der Waals surface area contributed by atoms with E-state index in [0.717, 1.165) is 23.1 Å². The highest BCUT2D eigenvalue weighted by molar-refractivity contribution is 6.31. The normalized spacial score (nSPS) is 11.9. The van der Waals surface area contributed by atoms with Gasteiger partial charge in [0.15, 0.2) is 11.2 Å². The molecule has 38 heavy (non-hydrogen) atoms. The Kier molecular flexibility index (Phi) is 8.19. The Hall–Kier alpha value is -3.28. The van der Waals surface area contributed by atoms with Crippen LogP contribution in [-0.4, -0.2) is 31.9 Å². The van der Waals surface area contributed by atoms with E-state index in [1.807, 2.05) is 6.92 Å². The molecular weight excluding hydrogens is 548 g/mol. The van der Waals surface area contributed by atoms with E-state index >= 15 is 0 Å². The van der Waals surface area contributed by atoms with Crippen molar-refractivity contribution in [3.05, 3.63) is 84.5 Å². The van der Waals surface area contributed by atoms with Crippen molar-refractivity contribution < 1.29 is 22.6 Å². The van der Waals surface area contributed by atoms with Crippen LogP contribution in [0.15, 0.2) is 52.1 Å². The van der Waals surface area contributed by atoms with Crippen LogP contribution in [-0.2, 0) is 31.1 Å². The van der Waals surface area contributed by atoms with Crippen molar-refractivity contribution in [2.45, 2.75) is 32.6 Å². The largest absolute Gasteiger partial charge is 0.425 e. The van der Waals surface area contributed by atoms with Crippen molar-refractivity contribution in [1.82, 2.24) is 18.7 Å². The molecule has 0 aliphatic heterocycles. The van der Waals surface area contributed by atoms with Crippen LogP contribution in [0.1, 0.15) is 24.5 Å². The number of aromatic nitrogens is 4. The molecule has 0 amide bonds. The van der Waals surface area contributed by atoms with Crippen LogP contribution >= 0.6 is 23.2 Å². The summed E-state index contributed by atoms with van der Waals surface area (Å²) in [7, 11) is 1.45. The number of hydrogen-bond donors (Lipinski definition) is 0. The molecule has 0 unspecified atom stereocenters. The van der Waals surface area contributed by atoms with Crippen molar-refractivity contribution in [2.75, 3.05) is 13.2 Å². The van der Waals surface area contributed by atoms with Gasteiger partial charge in [-0.15, -0.1) is 0 Å². The van der Waals surface area contributed by atoms with Gasteiger partial charge < -0.3 is 9.47 Å². The fourth-order valence-electron chi connectivity index (χ4n) is 3.84. The maximum atomic E-state index is 13.5. The third kappa shape index (κ3) is 5.74. The van der Waals surface area contributed by atoms with E-state index in [2.05, 4.69) is 4.98 Å². The molecule has 2 heterocycles. The van der Waals surface area contributed by atoms with Crippen LogP contribution < -0.4 is 16.0 Å². The Balaban J connectivity index is 1.87. The van der Waals surface area contributed by atoms with E-state index in [1.165, 1.54) is 22.2 Å². The molecule has 0 atom stereocenters. The number of benzene rings is 2. The lowest BCUT2D eigenvalue weighted by Crippen LogP contribution is -2.40. The van der Waals surface area contributed by atoms with Gasteiger partial charge in [0.2, 0.25) is 0 Å². The van der Waals surface area contributed by atoms with E-state index in [-0.39, 0.29) is 42.6 Å². The van der Waals surface area contributed by atoms with Crippen LogP contribution in [0.5, 0.6) is 11.8 Å². The van der Waals surface area contributed by atoms with Crippen molar-refractivity contribution >= 4 is 34.4 Å². The second-order valence-corrected chi connectivity index (χ2v) is 9.28. The second kappa shape index (κ2) is 11.2. The molecule has 0 saturated carbocycles. The molecule has 0 fully saturated rings. The summed E-state index contributed by atoms with van der Waals surface area (Å²) >= 11 is 11.7. The number of halogens is 5. The molecule has 0 aliphatic carbocycles. The Morgan fingerprint density at radius 2 is 1.71 bits per heavy atom. The molecule has 0 N–H and O–H groups in total. The Morgan fingerprint density at radius 1 is 1.00 bits per heavy atom. The molecule has 4 aromatic rings. The third-order valence-corrected chi connectivity index (χ3v) is 6.29. The first kappa shape index (κ1) is 27.7. The summed E-state index contributed by atoms with van der Waals surface area (Å²) in [6, 6.07) is 9.64. The highest BCUT2D eigenvalue weighted by Gasteiger charge is 2.34. The lowest BCUT2D eigenvalue weighted by molar-refractivity contribution is -0.137. The maximum absolute atomic E-state index is 13.5. The molecule has 0 aliphatic rings. The lowest BCUT2D eigenvalue weighted by atomic mass is 10.2. The predicted octanol–water partition coefficient (Wildman–Crippen LogP) is 5.49. The van der Waals surface area contributed by atoms with Crippen LogP contribution in [0, 0.1) is 0 Å². The molecule has 8 nitrogen and oxygen atoms in total. The smallest absolute Gasteiger partial charge is 0.417 e. The first-order valence-corrected chi connectivity index (χ1v) is 12.3. The Morgan fingerprint density at radius 3 is 2.37 bits per heavy atom. The number of imidazole rings is 1. The summed E-state index contributed by atoms with van der Waals surface area (Å²) in [5, 5.41) is 0.00785. The molecule has 202 valence electrons. The Labute approximate surface area is 224 Å². The molecular formula is C25H23Cl2F3N4O4. The van der Waals surface area contributed by atoms with Gasteiger partial charge in [-0.2, -0.15) is 18.2 Å². The maximum Gasteiger partial charge on any atom is 0.417 e. The van der Waals surface area contributed by atoms with Gasteiger partial charge in [0.05, 0.1) is 30.3 Å². The number of hydrogen-bond acceptors (Lipinski definition) is 5. The zero-order valence-corrected chi connectivity index (χ0v) is 21.9. The first-order valence-electron chi connectivity index (χ1n) is 11.6. The highest BCUT2D eigenvalue weighted by atomic mass is 35.5. The van der Waals surface area contributed by atoms with Crippen LogP contribution in [0.3, 0.4) is 0 Å². The topological polar surface area (TPSA) is 80.3 Å². The van der Waals surface area contributed by atoms with Crippen LogP contribution in [0.25, 0.3) is 11.2 Å². The molecule has 13 heteroatoms.